The van der Waals surface area contributed by atoms with Crippen molar-refractivity contribution in [1.29, 1.82) is 0 Å². The maximum atomic E-state index is 12.4. The minimum atomic E-state index is -4.85. The van der Waals surface area contributed by atoms with Crippen LogP contribution in [0.15, 0.2) is 18.2 Å². The Labute approximate surface area is 131 Å². The minimum Gasteiger partial charge on any atom is -0.445 e. The molecule has 1 aromatic rings. The third kappa shape index (κ3) is 4.23. The Kier molecular flexibility index (Phi) is 6.75. The van der Waals surface area contributed by atoms with Gasteiger partial charge in [0.05, 0.1) is 0 Å². The SMILES string of the molecule is CCc1ccc([B-](F)(F)F)cc1CC.[K+]. The molecule has 0 fully saturated rings. The number of hydrogen-bond acceptors (Lipinski definition) is 0. The van der Waals surface area contributed by atoms with Gasteiger partial charge in [0.2, 0.25) is 0 Å². The van der Waals surface area contributed by atoms with E-state index in [2.05, 4.69) is 0 Å². The molecule has 0 aliphatic carbocycles. The van der Waals surface area contributed by atoms with Crippen LogP contribution in [0.1, 0.15) is 25.0 Å². The van der Waals surface area contributed by atoms with E-state index < -0.39 is 12.4 Å². The molecule has 1 rings (SSSR count). The number of hydrogen-bond donors (Lipinski definition) is 0. The van der Waals surface area contributed by atoms with E-state index in [1.165, 1.54) is 12.1 Å². The normalized spacial score (nSPS) is 11.0. The first-order valence-corrected chi connectivity index (χ1v) is 4.80. The van der Waals surface area contributed by atoms with Crippen LogP contribution in [0.5, 0.6) is 0 Å². The molecular formula is C10H13BF3K. The van der Waals surface area contributed by atoms with Crippen LogP contribution in [0, 0.1) is 0 Å². The van der Waals surface area contributed by atoms with Crippen LogP contribution in [-0.2, 0) is 12.8 Å². The van der Waals surface area contributed by atoms with Crippen molar-refractivity contribution in [2.24, 2.45) is 0 Å². The summed E-state index contributed by atoms with van der Waals surface area (Å²) in [4.78, 5) is 0. The van der Waals surface area contributed by atoms with Gasteiger partial charge in [-0.2, -0.15) is 0 Å². The molecule has 0 aliphatic heterocycles. The van der Waals surface area contributed by atoms with Crippen LogP contribution >= 0.6 is 0 Å². The van der Waals surface area contributed by atoms with Crippen molar-refractivity contribution in [3.8, 4) is 0 Å². The van der Waals surface area contributed by atoms with Gasteiger partial charge in [-0.25, -0.2) is 0 Å². The molecule has 0 atom stereocenters. The quantitative estimate of drug-likeness (QED) is 0.646. The van der Waals surface area contributed by atoms with Gasteiger partial charge < -0.3 is 12.9 Å². The Morgan fingerprint density at radius 2 is 1.53 bits per heavy atom. The van der Waals surface area contributed by atoms with Crippen molar-refractivity contribution < 1.29 is 64.3 Å². The molecule has 0 amide bonds. The fraction of sp³-hybridized carbons (Fsp3) is 0.400. The van der Waals surface area contributed by atoms with Gasteiger partial charge in [-0.05, 0) is 24.0 Å². The molecule has 0 spiro atoms. The smallest absolute Gasteiger partial charge is 0.445 e. The van der Waals surface area contributed by atoms with Gasteiger partial charge in [-0.3, -0.25) is 0 Å². The van der Waals surface area contributed by atoms with Crippen molar-refractivity contribution in [1.82, 2.24) is 0 Å². The molecule has 0 saturated heterocycles. The molecule has 0 saturated carbocycles. The first-order valence-electron chi connectivity index (χ1n) is 4.80. The van der Waals surface area contributed by atoms with E-state index in [0.29, 0.717) is 6.42 Å². The third-order valence-electron chi connectivity index (χ3n) is 2.37. The Hall–Kier alpha value is 0.711. The summed E-state index contributed by atoms with van der Waals surface area (Å²) in [6, 6.07) is 4.04. The Balaban J connectivity index is 0.00000196. The van der Waals surface area contributed by atoms with E-state index in [-0.39, 0.29) is 51.4 Å². The zero-order valence-electron chi connectivity index (χ0n) is 9.36. The Morgan fingerprint density at radius 3 is 1.93 bits per heavy atom. The predicted molar refractivity (Wildman–Crippen MR) is 53.9 cm³/mol. The Bertz CT molecular complexity index is 323. The monoisotopic (exact) mass is 240 g/mol. The van der Waals surface area contributed by atoms with Gasteiger partial charge in [-0.1, -0.05) is 32.0 Å². The van der Waals surface area contributed by atoms with Crippen molar-refractivity contribution in [2.75, 3.05) is 0 Å². The molecule has 0 heterocycles. The summed E-state index contributed by atoms with van der Waals surface area (Å²) in [6.45, 7) is -1.02. The summed E-state index contributed by atoms with van der Waals surface area (Å²) < 4.78 is 37.2. The zero-order chi connectivity index (χ0) is 10.8. The first-order chi connectivity index (χ1) is 6.49. The van der Waals surface area contributed by atoms with E-state index in [0.717, 1.165) is 17.5 Å². The van der Waals surface area contributed by atoms with Gasteiger partial charge in [-0.15, -0.1) is 5.46 Å². The van der Waals surface area contributed by atoms with Crippen molar-refractivity contribution in [2.45, 2.75) is 26.7 Å². The van der Waals surface area contributed by atoms with E-state index in [1.807, 2.05) is 13.8 Å². The average Bonchev–Trinajstić information content (AvgIpc) is 2.15. The van der Waals surface area contributed by atoms with Gasteiger partial charge in [0, 0.05) is 0 Å². The minimum absolute atomic E-state index is 0. The average molecular weight is 240 g/mol. The summed E-state index contributed by atoms with van der Waals surface area (Å²) in [5.41, 5.74) is 1.33. The predicted octanol–water partition coefficient (Wildman–Crippen LogP) is -0.130. The molecule has 0 radical (unpaired) electrons. The van der Waals surface area contributed by atoms with E-state index >= 15 is 0 Å². The molecule has 15 heavy (non-hydrogen) atoms. The zero-order valence-corrected chi connectivity index (χ0v) is 12.5. The summed E-state index contributed by atoms with van der Waals surface area (Å²) in [5.74, 6) is 0. The standard InChI is InChI=1S/C10H13BF3.K/c1-3-8-5-6-10(11(12,13)14)7-9(8)4-2;/h5-7H,3-4H2,1-2H3;/q-1;+1. The Morgan fingerprint density at radius 1 is 1.00 bits per heavy atom. The maximum absolute atomic E-state index is 12.4. The van der Waals surface area contributed by atoms with Gasteiger partial charge in [0.1, 0.15) is 0 Å². The first kappa shape index (κ1) is 15.7. The van der Waals surface area contributed by atoms with Crippen LogP contribution in [0.2, 0.25) is 0 Å². The van der Waals surface area contributed by atoms with E-state index in [4.69, 9.17) is 0 Å². The van der Waals surface area contributed by atoms with E-state index in [9.17, 15) is 12.9 Å². The maximum Gasteiger partial charge on any atom is 1.00 e. The van der Waals surface area contributed by atoms with E-state index in [1.54, 1.807) is 6.07 Å². The molecule has 0 N–H and O–H groups in total. The largest absolute Gasteiger partial charge is 1.00 e. The molecular weight excluding hydrogens is 227 g/mol. The molecule has 1 aromatic carbocycles. The van der Waals surface area contributed by atoms with Crippen LogP contribution in [-0.4, -0.2) is 6.98 Å². The molecule has 0 unspecified atom stereocenters. The number of halogens is 3. The van der Waals surface area contributed by atoms with Gasteiger partial charge in [0.25, 0.3) is 0 Å². The second kappa shape index (κ2) is 6.45. The van der Waals surface area contributed by atoms with Crippen LogP contribution in [0.4, 0.5) is 12.9 Å². The molecule has 0 aromatic heterocycles. The van der Waals surface area contributed by atoms with Crippen LogP contribution < -0.4 is 56.8 Å². The number of aryl methyl sites for hydroxylation is 2. The molecule has 5 heteroatoms. The van der Waals surface area contributed by atoms with Crippen LogP contribution in [0.25, 0.3) is 0 Å². The number of benzene rings is 1. The summed E-state index contributed by atoms with van der Waals surface area (Å²) >= 11 is 0. The van der Waals surface area contributed by atoms with Gasteiger partial charge >= 0.3 is 58.4 Å². The van der Waals surface area contributed by atoms with Crippen molar-refractivity contribution in [3.05, 3.63) is 29.3 Å². The molecule has 78 valence electrons. The number of rotatable bonds is 3. The molecule has 0 aliphatic rings. The molecule has 0 nitrogen and oxygen atoms in total. The summed E-state index contributed by atoms with van der Waals surface area (Å²) in [5, 5.41) is 0. The van der Waals surface area contributed by atoms with Crippen molar-refractivity contribution >= 4 is 12.4 Å². The topological polar surface area (TPSA) is 0 Å². The molecule has 0 bridgehead atoms. The summed E-state index contributed by atoms with van der Waals surface area (Å²) in [6.07, 6.45) is 1.44. The second-order valence-corrected chi connectivity index (χ2v) is 3.31. The van der Waals surface area contributed by atoms with Crippen molar-refractivity contribution in [3.63, 3.8) is 0 Å². The second-order valence-electron chi connectivity index (χ2n) is 3.31. The van der Waals surface area contributed by atoms with Gasteiger partial charge in [0.15, 0.2) is 0 Å². The summed E-state index contributed by atoms with van der Waals surface area (Å²) in [7, 11) is 0. The van der Waals surface area contributed by atoms with Crippen LogP contribution in [0.3, 0.4) is 0 Å². The fourth-order valence-electron chi connectivity index (χ4n) is 1.52. The fourth-order valence-corrected chi connectivity index (χ4v) is 1.52. The third-order valence-corrected chi connectivity index (χ3v) is 2.37.